The van der Waals surface area contributed by atoms with E-state index in [0.29, 0.717) is 23.6 Å². The van der Waals surface area contributed by atoms with E-state index in [1.807, 2.05) is 55.5 Å². The number of carbonyl (C=O) groups is 2. The van der Waals surface area contributed by atoms with Gasteiger partial charge in [-0.05, 0) is 48.9 Å². The van der Waals surface area contributed by atoms with Crippen molar-refractivity contribution in [3.8, 4) is 11.5 Å². The molecule has 6 rings (SSSR count). The molecule has 3 aromatic rings. The van der Waals surface area contributed by atoms with Gasteiger partial charge in [-0.25, -0.2) is 0 Å². The summed E-state index contributed by atoms with van der Waals surface area (Å²) >= 11 is 3.58. The second-order valence-corrected chi connectivity index (χ2v) is 10.1. The van der Waals surface area contributed by atoms with Gasteiger partial charge in [-0.15, -0.1) is 0 Å². The molecule has 0 aromatic heterocycles. The molecule has 0 aliphatic carbocycles. The fraction of sp³-hybridized carbons (Fsp3) is 0.259. The van der Waals surface area contributed by atoms with E-state index in [-0.39, 0.29) is 29.7 Å². The van der Waals surface area contributed by atoms with E-state index in [0.717, 1.165) is 21.3 Å². The molecule has 4 atom stereocenters. The Morgan fingerprint density at radius 2 is 1.88 bits per heavy atom. The fourth-order valence-corrected chi connectivity index (χ4v) is 6.37. The van der Waals surface area contributed by atoms with Gasteiger partial charge in [0.05, 0.1) is 31.0 Å². The Morgan fingerprint density at radius 1 is 1.09 bits per heavy atom. The molecule has 3 unspecified atom stereocenters. The molecule has 1 saturated heterocycles. The number of amides is 2. The fourth-order valence-electron chi connectivity index (χ4n) is 5.99. The quantitative estimate of drug-likeness (QED) is 0.508. The molecule has 2 amide bonds. The molecule has 34 heavy (non-hydrogen) atoms. The summed E-state index contributed by atoms with van der Waals surface area (Å²) in [5, 5.41) is 3.05. The molecule has 1 fully saturated rings. The van der Waals surface area contributed by atoms with Gasteiger partial charge in [0.25, 0.3) is 11.8 Å². The van der Waals surface area contributed by atoms with Crippen molar-refractivity contribution < 1.29 is 19.1 Å². The highest BCUT2D eigenvalue weighted by Gasteiger charge is 2.65. The van der Waals surface area contributed by atoms with Crippen molar-refractivity contribution in [1.82, 2.24) is 4.90 Å². The summed E-state index contributed by atoms with van der Waals surface area (Å²) in [7, 11) is 1.56. The Balaban J connectivity index is 1.62. The molecule has 0 saturated carbocycles. The van der Waals surface area contributed by atoms with E-state index in [4.69, 9.17) is 9.47 Å². The lowest BCUT2D eigenvalue weighted by Gasteiger charge is -2.38. The Kier molecular flexibility index (Phi) is 4.74. The first-order valence-electron chi connectivity index (χ1n) is 11.2. The molecule has 6 nitrogen and oxygen atoms in total. The van der Waals surface area contributed by atoms with Crippen molar-refractivity contribution in [2.45, 2.75) is 24.4 Å². The third-order valence-corrected chi connectivity index (χ3v) is 7.98. The maximum Gasteiger partial charge on any atom is 0.257 e. The average molecular weight is 519 g/mol. The van der Waals surface area contributed by atoms with Crippen molar-refractivity contribution in [2.75, 3.05) is 19.0 Å². The molecule has 3 aromatic carbocycles. The first-order chi connectivity index (χ1) is 16.4. The summed E-state index contributed by atoms with van der Waals surface area (Å²) < 4.78 is 12.5. The highest BCUT2D eigenvalue weighted by atomic mass is 79.9. The number of hydrogen-bond donors (Lipinski definition) is 1. The normalized spacial score (nSPS) is 26.9. The summed E-state index contributed by atoms with van der Waals surface area (Å²) in [5.74, 6) is 0.543. The average Bonchev–Trinajstić information content (AvgIpc) is 3.10. The second kappa shape index (κ2) is 7.60. The van der Waals surface area contributed by atoms with Crippen LogP contribution in [-0.4, -0.2) is 36.0 Å². The highest BCUT2D eigenvalue weighted by Crippen LogP contribution is 2.60. The van der Waals surface area contributed by atoms with Crippen molar-refractivity contribution in [1.29, 1.82) is 0 Å². The Morgan fingerprint density at radius 3 is 2.65 bits per heavy atom. The maximum absolute atomic E-state index is 14.3. The number of fused-ring (bicyclic) bond motifs is 6. The number of halogens is 1. The van der Waals surface area contributed by atoms with Gasteiger partial charge in [0.2, 0.25) is 0 Å². The van der Waals surface area contributed by atoms with Crippen LogP contribution in [-0.2, 0) is 4.79 Å². The van der Waals surface area contributed by atoms with E-state index < -0.39 is 5.54 Å². The third-order valence-electron chi connectivity index (χ3n) is 7.48. The largest absolute Gasteiger partial charge is 0.497 e. The number of carbonyl (C=O) groups excluding carboxylic acids is 2. The van der Waals surface area contributed by atoms with Crippen LogP contribution in [0.15, 0.2) is 71.2 Å². The zero-order valence-electron chi connectivity index (χ0n) is 18.7. The van der Waals surface area contributed by atoms with Crippen LogP contribution in [0.1, 0.15) is 40.4 Å². The van der Waals surface area contributed by atoms with Crippen LogP contribution in [0.5, 0.6) is 11.5 Å². The van der Waals surface area contributed by atoms with Crippen molar-refractivity contribution in [3.05, 3.63) is 87.9 Å². The van der Waals surface area contributed by atoms with Crippen LogP contribution >= 0.6 is 15.9 Å². The minimum absolute atomic E-state index is 0.101. The standard InChI is InChI=1S/C27H23BrN2O4/c1-27-23(15-6-4-3-5-7-15)20-14-34-22-11-8-16(28)12-19(22)24(20)30(27)25(31)18-13-17(33-2)9-10-21(18)29-26(27)32/h3-13,20,23-24H,14H2,1-2H3,(H,29,32)/t20?,23?,24?,27-/m1/s1. The third kappa shape index (κ3) is 2.86. The molecular weight excluding hydrogens is 496 g/mol. The maximum atomic E-state index is 14.3. The summed E-state index contributed by atoms with van der Waals surface area (Å²) in [4.78, 5) is 30.1. The topological polar surface area (TPSA) is 67.9 Å². The van der Waals surface area contributed by atoms with Gasteiger partial charge in [0.15, 0.2) is 0 Å². The van der Waals surface area contributed by atoms with Crippen LogP contribution in [0.25, 0.3) is 0 Å². The summed E-state index contributed by atoms with van der Waals surface area (Å²) in [5.41, 5.74) is 1.70. The van der Waals surface area contributed by atoms with Gasteiger partial charge >= 0.3 is 0 Å². The number of hydrogen-bond acceptors (Lipinski definition) is 4. The van der Waals surface area contributed by atoms with Crippen LogP contribution in [0.4, 0.5) is 5.69 Å². The monoisotopic (exact) mass is 518 g/mol. The van der Waals surface area contributed by atoms with E-state index in [1.165, 1.54) is 0 Å². The van der Waals surface area contributed by atoms with E-state index in [2.05, 4.69) is 21.2 Å². The molecule has 0 radical (unpaired) electrons. The molecule has 0 bridgehead atoms. The number of rotatable bonds is 2. The summed E-state index contributed by atoms with van der Waals surface area (Å²) in [6, 6.07) is 20.7. The first kappa shape index (κ1) is 21.2. The molecule has 3 heterocycles. The minimum Gasteiger partial charge on any atom is -0.497 e. The van der Waals surface area contributed by atoms with Crippen molar-refractivity contribution in [3.63, 3.8) is 0 Å². The molecule has 7 heteroatoms. The number of methoxy groups -OCH3 is 1. The van der Waals surface area contributed by atoms with Crippen LogP contribution in [0.2, 0.25) is 0 Å². The Bertz CT molecular complexity index is 1330. The van der Waals surface area contributed by atoms with Crippen molar-refractivity contribution >= 4 is 33.4 Å². The summed E-state index contributed by atoms with van der Waals surface area (Å²) in [6.07, 6.45) is 0. The number of nitrogens with one attached hydrogen (secondary N) is 1. The lowest BCUT2D eigenvalue weighted by Crippen LogP contribution is -2.54. The van der Waals surface area contributed by atoms with Gasteiger partial charge in [0.1, 0.15) is 17.0 Å². The van der Waals surface area contributed by atoms with E-state index in [1.54, 1.807) is 30.2 Å². The van der Waals surface area contributed by atoms with Crippen LogP contribution in [0.3, 0.4) is 0 Å². The molecule has 172 valence electrons. The van der Waals surface area contributed by atoms with Gasteiger partial charge < -0.3 is 19.7 Å². The molecule has 3 aliphatic rings. The van der Waals surface area contributed by atoms with Gasteiger partial charge in [-0.2, -0.15) is 0 Å². The predicted molar refractivity (Wildman–Crippen MR) is 131 cm³/mol. The van der Waals surface area contributed by atoms with Gasteiger partial charge in [-0.3, -0.25) is 9.59 Å². The van der Waals surface area contributed by atoms with Gasteiger partial charge in [-0.1, -0.05) is 46.3 Å². The number of nitrogens with zero attached hydrogens (tertiary/aromatic N) is 1. The Hall–Kier alpha value is -3.32. The van der Waals surface area contributed by atoms with E-state index in [9.17, 15) is 9.59 Å². The molecule has 0 spiro atoms. The lowest BCUT2D eigenvalue weighted by molar-refractivity contribution is -0.125. The molecule has 3 aliphatic heterocycles. The second-order valence-electron chi connectivity index (χ2n) is 9.18. The predicted octanol–water partition coefficient (Wildman–Crippen LogP) is 5.16. The number of anilines is 1. The first-order valence-corrected chi connectivity index (χ1v) is 12.0. The zero-order valence-corrected chi connectivity index (χ0v) is 20.3. The summed E-state index contributed by atoms with van der Waals surface area (Å²) in [6.45, 7) is 2.30. The minimum atomic E-state index is -1.13. The zero-order chi connectivity index (χ0) is 23.6. The van der Waals surface area contributed by atoms with Crippen molar-refractivity contribution in [2.24, 2.45) is 5.92 Å². The smallest absolute Gasteiger partial charge is 0.257 e. The SMILES string of the molecule is COc1ccc2c(c1)C(=O)N1C3c4cc(Br)ccc4OCC3C(c3ccccc3)[C@]1(C)C(=O)N2. The van der Waals surface area contributed by atoms with Crippen LogP contribution < -0.4 is 14.8 Å². The molecule has 1 N–H and O–H groups in total. The van der Waals surface area contributed by atoms with Crippen LogP contribution in [0, 0.1) is 5.92 Å². The number of ether oxygens (including phenoxy) is 2. The number of benzene rings is 3. The highest BCUT2D eigenvalue weighted by molar-refractivity contribution is 9.10. The van der Waals surface area contributed by atoms with E-state index >= 15 is 0 Å². The molecular formula is C27H23BrN2O4. The van der Waals surface area contributed by atoms with Gasteiger partial charge in [0, 0.05) is 21.9 Å². The Labute approximate surface area is 206 Å². The lowest BCUT2D eigenvalue weighted by atomic mass is 9.73.